The summed E-state index contributed by atoms with van der Waals surface area (Å²) < 4.78 is 5.11. The summed E-state index contributed by atoms with van der Waals surface area (Å²) in [5, 5.41) is 0.560. The van der Waals surface area contributed by atoms with Crippen LogP contribution in [0.1, 0.15) is 31.4 Å². The van der Waals surface area contributed by atoms with E-state index >= 15 is 0 Å². The number of nitrogens with zero attached hydrogens (tertiary/aromatic N) is 1. The molecule has 1 heterocycles. The zero-order chi connectivity index (χ0) is 20.3. The first kappa shape index (κ1) is 19.8. The fourth-order valence-corrected chi connectivity index (χ4v) is 3.42. The molecule has 0 saturated carbocycles. The molecule has 1 aliphatic rings. The Kier molecular flexibility index (Phi) is 5.95. The van der Waals surface area contributed by atoms with Crippen molar-refractivity contribution in [3.05, 3.63) is 58.1 Å². The molecular weight excluding hydrogens is 376 g/mol. The van der Waals surface area contributed by atoms with Crippen LogP contribution < -0.4 is 5.73 Å². The van der Waals surface area contributed by atoms with Crippen molar-refractivity contribution in [2.45, 2.75) is 26.7 Å². The van der Waals surface area contributed by atoms with Crippen molar-refractivity contribution < 1.29 is 14.3 Å². The fourth-order valence-electron chi connectivity index (χ4n) is 3.11. The second kappa shape index (κ2) is 8.40. The fraction of sp³-hybridized carbons (Fsp3) is 0.227. The van der Waals surface area contributed by atoms with Gasteiger partial charge in [0.25, 0.3) is 0 Å². The molecule has 0 unspecified atom stereocenters. The minimum absolute atomic E-state index is 0.0842. The largest absolute Gasteiger partial charge is 0.463 e. The maximum Gasteiger partial charge on any atom is 0.334 e. The first-order chi connectivity index (χ1) is 13.4. The molecule has 0 spiro atoms. The van der Waals surface area contributed by atoms with Crippen molar-refractivity contribution in [3.8, 4) is 11.1 Å². The summed E-state index contributed by atoms with van der Waals surface area (Å²) in [5.41, 5.74) is 10.5. The van der Waals surface area contributed by atoms with Crippen LogP contribution in [0.15, 0.2) is 47.0 Å². The highest BCUT2D eigenvalue weighted by atomic mass is 35.5. The number of carbonyl (C=O) groups is 2. The Balaban J connectivity index is 2.02. The number of nitrogens with two attached hydrogens (primary N) is 1. The van der Waals surface area contributed by atoms with Gasteiger partial charge in [0, 0.05) is 34.6 Å². The summed E-state index contributed by atoms with van der Waals surface area (Å²) in [6.07, 6.45) is 2.35. The number of ketones is 1. The lowest BCUT2D eigenvalue weighted by Gasteiger charge is -2.09. The van der Waals surface area contributed by atoms with Crippen LogP contribution in [0.2, 0.25) is 5.02 Å². The SMILES string of the molecule is CCOC(=O)C1=Cc2cc(-c3ccc(CC(C)=O)cc3Cl)ccc2N=C(N)C1. The molecule has 0 fully saturated rings. The van der Waals surface area contributed by atoms with E-state index < -0.39 is 5.97 Å². The van der Waals surface area contributed by atoms with Crippen molar-refractivity contribution in [1.82, 2.24) is 0 Å². The third-order valence-electron chi connectivity index (χ3n) is 4.33. The number of hydrogen-bond acceptors (Lipinski definition) is 5. The third kappa shape index (κ3) is 4.49. The van der Waals surface area contributed by atoms with Gasteiger partial charge in [0.2, 0.25) is 0 Å². The number of carbonyl (C=O) groups excluding carboxylic acids is 2. The number of rotatable bonds is 5. The molecule has 2 aromatic rings. The van der Waals surface area contributed by atoms with Crippen LogP contribution in [0.4, 0.5) is 5.69 Å². The highest BCUT2D eigenvalue weighted by molar-refractivity contribution is 6.33. The number of esters is 1. The quantitative estimate of drug-likeness (QED) is 0.755. The van der Waals surface area contributed by atoms with Crippen LogP contribution >= 0.6 is 11.6 Å². The number of aliphatic imine (C=N–C) groups is 1. The summed E-state index contributed by atoms with van der Waals surface area (Å²) in [6, 6.07) is 11.3. The van der Waals surface area contributed by atoms with E-state index in [1.54, 1.807) is 26.0 Å². The van der Waals surface area contributed by atoms with E-state index in [-0.39, 0.29) is 12.2 Å². The molecule has 0 bridgehead atoms. The summed E-state index contributed by atoms with van der Waals surface area (Å²) in [7, 11) is 0. The van der Waals surface area contributed by atoms with Gasteiger partial charge < -0.3 is 10.5 Å². The molecule has 0 amide bonds. The lowest BCUT2D eigenvalue weighted by atomic mass is 9.98. The zero-order valence-corrected chi connectivity index (χ0v) is 16.5. The molecule has 0 aliphatic carbocycles. The Morgan fingerprint density at radius 3 is 2.68 bits per heavy atom. The number of Topliss-reactive ketones (excluding diaryl/α,β-unsaturated/α-hetero) is 1. The Hall–Kier alpha value is -2.92. The predicted molar refractivity (Wildman–Crippen MR) is 112 cm³/mol. The maximum absolute atomic E-state index is 12.2. The van der Waals surface area contributed by atoms with Crippen LogP contribution in [0.25, 0.3) is 17.2 Å². The Bertz CT molecular complexity index is 1010. The summed E-state index contributed by atoms with van der Waals surface area (Å²) >= 11 is 6.46. The molecule has 2 aromatic carbocycles. The Labute approximate surface area is 168 Å². The highest BCUT2D eigenvalue weighted by Gasteiger charge is 2.18. The molecule has 0 aromatic heterocycles. The minimum Gasteiger partial charge on any atom is -0.463 e. The van der Waals surface area contributed by atoms with Crippen molar-refractivity contribution >= 4 is 41.0 Å². The highest BCUT2D eigenvalue weighted by Crippen LogP contribution is 2.34. The number of fused-ring (bicyclic) bond motifs is 1. The number of halogens is 1. The lowest BCUT2D eigenvalue weighted by molar-refractivity contribution is -0.138. The molecule has 0 radical (unpaired) electrons. The van der Waals surface area contributed by atoms with Crippen molar-refractivity contribution in [1.29, 1.82) is 0 Å². The monoisotopic (exact) mass is 396 g/mol. The average Bonchev–Trinajstić information content (AvgIpc) is 2.79. The first-order valence-electron chi connectivity index (χ1n) is 9.00. The van der Waals surface area contributed by atoms with E-state index in [2.05, 4.69) is 4.99 Å². The topological polar surface area (TPSA) is 81.8 Å². The van der Waals surface area contributed by atoms with E-state index in [0.717, 1.165) is 22.3 Å². The Morgan fingerprint density at radius 2 is 2.00 bits per heavy atom. The number of ether oxygens (including phenoxy) is 1. The van der Waals surface area contributed by atoms with Crippen LogP contribution in [-0.4, -0.2) is 24.2 Å². The van der Waals surface area contributed by atoms with Gasteiger partial charge in [-0.1, -0.05) is 29.8 Å². The molecule has 5 nitrogen and oxygen atoms in total. The zero-order valence-electron chi connectivity index (χ0n) is 15.8. The van der Waals surface area contributed by atoms with Crippen LogP contribution in [0, 0.1) is 0 Å². The molecule has 6 heteroatoms. The molecule has 3 rings (SSSR count). The van der Waals surface area contributed by atoms with E-state index in [1.165, 1.54) is 0 Å². The van der Waals surface area contributed by atoms with Crippen molar-refractivity contribution in [2.75, 3.05) is 6.61 Å². The van der Waals surface area contributed by atoms with Gasteiger partial charge in [0.05, 0.1) is 12.3 Å². The Morgan fingerprint density at radius 1 is 1.21 bits per heavy atom. The van der Waals surface area contributed by atoms with Crippen molar-refractivity contribution in [3.63, 3.8) is 0 Å². The summed E-state index contributed by atoms with van der Waals surface area (Å²) in [5.74, 6) is 0.0453. The number of amidine groups is 1. The molecule has 28 heavy (non-hydrogen) atoms. The second-order valence-electron chi connectivity index (χ2n) is 6.64. The number of hydrogen-bond donors (Lipinski definition) is 1. The van der Waals surface area contributed by atoms with Crippen LogP contribution in [-0.2, 0) is 20.7 Å². The minimum atomic E-state index is -0.398. The maximum atomic E-state index is 12.2. The van der Waals surface area contributed by atoms with Gasteiger partial charge >= 0.3 is 5.97 Å². The normalized spacial score (nSPS) is 13.1. The standard InChI is InChI=1S/C22H21ClN2O3/c1-3-28-22(27)17-11-16-10-15(5-7-20(16)25-21(24)12-17)18-6-4-14(8-13(2)26)9-19(18)23/h4-7,9-11H,3,8,12H2,1-2H3,(H2,24,25). The third-order valence-corrected chi connectivity index (χ3v) is 4.64. The summed E-state index contributed by atoms with van der Waals surface area (Å²) in [4.78, 5) is 27.9. The van der Waals surface area contributed by atoms with Gasteiger partial charge in [-0.3, -0.25) is 4.79 Å². The summed E-state index contributed by atoms with van der Waals surface area (Å²) in [6.45, 7) is 3.60. The number of benzene rings is 2. The van der Waals surface area contributed by atoms with E-state index in [0.29, 0.717) is 35.1 Å². The van der Waals surface area contributed by atoms with Gasteiger partial charge in [0.1, 0.15) is 11.6 Å². The second-order valence-corrected chi connectivity index (χ2v) is 7.04. The molecule has 144 valence electrons. The predicted octanol–water partition coefficient (Wildman–Crippen LogP) is 4.48. The van der Waals surface area contributed by atoms with Crippen molar-refractivity contribution in [2.24, 2.45) is 10.7 Å². The van der Waals surface area contributed by atoms with Gasteiger partial charge in [-0.15, -0.1) is 0 Å². The van der Waals surface area contributed by atoms with E-state index in [1.807, 2.05) is 30.3 Å². The van der Waals surface area contributed by atoms with Crippen LogP contribution in [0.5, 0.6) is 0 Å². The van der Waals surface area contributed by atoms with Gasteiger partial charge in [-0.25, -0.2) is 9.79 Å². The van der Waals surface area contributed by atoms with Gasteiger partial charge in [-0.2, -0.15) is 0 Å². The molecule has 0 saturated heterocycles. The van der Waals surface area contributed by atoms with Crippen LogP contribution in [0.3, 0.4) is 0 Å². The molecular formula is C22H21ClN2O3. The smallest absolute Gasteiger partial charge is 0.334 e. The lowest BCUT2D eigenvalue weighted by Crippen LogP contribution is -2.16. The molecule has 2 N–H and O–H groups in total. The average molecular weight is 397 g/mol. The molecule has 0 atom stereocenters. The molecule has 1 aliphatic heterocycles. The van der Waals surface area contributed by atoms with E-state index in [9.17, 15) is 9.59 Å². The van der Waals surface area contributed by atoms with E-state index in [4.69, 9.17) is 22.1 Å². The van der Waals surface area contributed by atoms with Gasteiger partial charge in [0.15, 0.2) is 0 Å². The van der Waals surface area contributed by atoms with Gasteiger partial charge in [-0.05, 0) is 49.2 Å². The first-order valence-corrected chi connectivity index (χ1v) is 9.38.